The molecule has 2 rings (SSSR count). The van der Waals surface area contributed by atoms with Gasteiger partial charge in [-0.2, -0.15) is 0 Å². The van der Waals surface area contributed by atoms with Gasteiger partial charge in [0.05, 0.1) is 5.56 Å². The summed E-state index contributed by atoms with van der Waals surface area (Å²) in [6.07, 6.45) is -0.691. The summed E-state index contributed by atoms with van der Waals surface area (Å²) in [7, 11) is 0. The van der Waals surface area contributed by atoms with Crippen molar-refractivity contribution >= 4 is 23.9 Å². The predicted octanol–water partition coefficient (Wildman–Crippen LogP) is 0.824. The molecule has 0 aromatic heterocycles. The van der Waals surface area contributed by atoms with Crippen molar-refractivity contribution in [2.75, 3.05) is 6.54 Å². The second-order valence-corrected chi connectivity index (χ2v) is 6.14. The largest absolute Gasteiger partial charge is 0.478 e. The minimum absolute atomic E-state index is 0.0601. The highest BCUT2D eigenvalue weighted by molar-refractivity contribution is 5.89. The van der Waals surface area contributed by atoms with Crippen LogP contribution in [0.3, 0.4) is 0 Å². The van der Waals surface area contributed by atoms with Crippen LogP contribution in [-0.4, -0.2) is 41.6 Å². The second-order valence-electron chi connectivity index (χ2n) is 6.14. The number of carboxylic acids is 1. The average molecular weight is 399 g/mol. The number of nitrogens with one attached hydrogen (secondary N) is 2. The van der Waals surface area contributed by atoms with Crippen molar-refractivity contribution in [3.05, 3.63) is 71.3 Å². The molecule has 0 spiro atoms. The fraction of sp³-hybridized carbons (Fsp3) is 0.200. The van der Waals surface area contributed by atoms with E-state index in [9.17, 15) is 19.2 Å². The Kier molecular flexibility index (Phi) is 7.72. The number of amides is 3. The quantitative estimate of drug-likeness (QED) is 0.491. The van der Waals surface area contributed by atoms with Gasteiger partial charge in [0.25, 0.3) is 0 Å². The molecule has 0 fully saturated rings. The molecule has 1 atom stereocenters. The second kappa shape index (κ2) is 10.5. The molecule has 0 saturated heterocycles. The highest BCUT2D eigenvalue weighted by atomic mass is 16.5. The average Bonchev–Trinajstić information content (AvgIpc) is 2.71. The number of carboxylic acid groups (broad SMARTS) is 1. The van der Waals surface area contributed by atoms with Gasteiger partial charge in [0.1, 0.15) is 19.2 Å². The fourth-order valence-electron chi connectivity index (χ4n) is 2.41. The van der Waals surface area contributed by atoms with E-state index >= 15 is 0 Å². The van der Waals surface area contributed by atoms with E-state index in [2.05, 4.69) is 10.6 Å². The number of hydrogen-bond donors (Lipinski definition) is 4. The molecule has 9 nitrogen and oxygen atoms in total. The summed E-state index contributed by atoms with van der Waals surface area (Å²) < 4.78 is 4.99. The smallest absolute Gasteiger partial charge is 0.407 e. The molecule has 0 aliphatic rings. The van der Waals surface area contributed by atoms with Gasteiger partial charge in [-0.25, -0.2) is 9.59 Å². The summed E-state index contributed by atoms with van der Waals surface area (Å²) in [4.78, 5) is 46.1. The Labute approximate surface area is 166 Å². The third-order valence-electron chi connectivity index (χ3n) is 3.93. The van der Waals surface area contributed by atoms with Gasteiger partial charge in [0.2, 0.25) is 11.8 Å². The first-order valence-electron chi connectivity index (χ1n) is 8.70. The molecule has 0 aliphatic carbocycles. The summed E-state index contributed by atoms with van der Waals surface area (Å²) in [5.41, 5.74) is 6.84. The third kappa shape index (κ3) is 7.33. The topological polar surface area (TPSA) is 148 Å². The van der Waals surface area contributed by atoms with Crippen molar-refractivity contribution in [3.8, 4) is 0 Å². The standard InChI is InChI=1S/C20H21N3O6/c21-18(25)16(10-13-6-8-15(9-7-13)19(26)27)23-17(24)11-22-20(28)29-12-14-4-2-1-3-5-14/h1-9,16H,10-12H2,(H2,21,25)(H,22,28)(H,23,24)(H,26,27)/t16-/m1/s1. The Morgan fingerprint density at radius 2 is 1.62 bits per heavy atom. The molecular weight excluding hydrogens is 378 g/mol. The van der Waals surface area contributed by atoms with Crippen molar-refractivity contribution in [1.82, 2.24) is 10.6 Å². The molecular formula is C20H21N3O6. The zero-order chi connectivity index (χ0) is 21.2. The van der Waals surface area contributed by atoms with Gasteiger partial charge in [-0.3, -0.25) is 9.59 Å². The number of carbonyl (C=O) groups is 4. The van der Waals surface area contributed by atoms with Crippen LogP contribution < -0.4 is 16.4 Å². The summed E-state index contributed by atoms with van der Waals surface area (Å²) >= 11 is 0. The van der Waals surface area contributed by atoms with Crippen LogP contribution in [0.15, 0.2) is 54.6 Å². The SMILES string of the molecule is NC(=O)[C@@H](Cc1ccc(C(=O)O)cc1)NC(=O)CNC(=O)OCc1ccccc1. The Hall–Kier alpha value is -3.88. The van der Waals surface area contributed by atoms with Crippen molar-refractivity contribution in [1.29, 1.82) is 0 Å². The lowest BCUT2D eigenvalue weighted by Gasteiger charge is -2.16. The normalized spacial score (nSPS) is 11.2. The first-order chi connectivity index (χ1) is 13.8. The monoisotopic (exact) mass is 399 g/mol. The van der Waals surface area contributed by atoms with Crippen molar-refractivity contribution in [3.63, 3.8) is 0 Å². The summed E-state index contributed by atoms with van der Waals surface area (Å²) in [5.74, 6) is -2.44. The van der Waals surface area contributed by atoms with E-state index in [0.717, 1.165) is 5.56 Å². The number of rotatable bonds is 9. The van der Waals surface area contributed by atoms with Crippen LogP contribution in [-0.2, 0) is 27.4 Å². The van der Waals surface area contributed by atoms with Crippen LogP contribution >= 0.6 is 0 Å². The number of aromatic carboxylic acids is 1. The molecule has 5 N–H and O–H groups in total. The van der Waals surface area contributed by atoms with Crippen LogP contribution in [0.2, 0.25) is 0 Å². The molecule has 0 saturated carbocycles. The zero-order valence-corrected chi connectivity index (χ0v) is 15.5. The number of primary amides is 1. The predicted molar refractivity (Wildman–Crippen MR) is 103 cm³/mol. The van der Waals surface area contributed by atoms with Gasteiger partial charge < -0.3 is 26.2 Å². The van der Waals surface area contributed by atoms with Crippen LogP contribution in [0, 0.1) is 0 Å². The molecule has 0 bridgehead atoms. The maximum atomic E-state index is 12.0. The molecule has 3 amide bonds. The Morgan fingerprint density at radius 1 is 0.966 bits per heavy atom. The van der Waals surface area contributed by atoms with E-state index in [4.69, 9.17) is 15.6 Å². The minimum Gasteiger partial charge on any atom is -0.478 e. The van der Waals surface area contributed by atoms with E-state index < -0.39 is 36.5 Å². The molecule has 152 valence electrons. The molecule has 0 unspecified atom stereocenters. The van der Waals surface area contributed by atoms with E-state index in [0.29, 0.717) is 5.56 Å². The zero-order valence-electron chi connectivity index (χ0n) is 15.5. The first-order valence-corrected chi connectivity index (χ1v) is 8.70. The summed E-state index contributed by atoms with van der Waals surface area (Å²) in [6, 6.07) is 13.9. The van der Waals surface area contributed by atoms with Crippen molar-refractivity contribution < 1.29 is 29.0 Å². The number of nitrogens with two attached hydrogens (primary N) is 1. The van der Waals surface area contributed by atoms with Gasteiger partial charge in [0.15, 0.2) is 0 Å². The molecule has 0 radical (unpaired) electrons. The van der Waals surface area contributed by atoms with Crippen LogP contribution in [0.5, 0.6) is 0 Å². The molecule has 9 heteroatoms. The molecule has 0 aliphatic heterocycles. The lowest BCUT2D eigenvalue weighted by molar-refractivity contribution is -0.126. The molecule has 2 aromatic rings. The summed E-state index contributed by atoms with van der Waals surface area (Å²) in [5, 5.41) is 13.6. The minimum atomic E-state index is -1.07. The van der Waals surface area contributed by atoms with Crippen LogP contribution in [0.4, 0.5) is 4.79 Å². The maximum Gasteiger partial charge on any atom is 0.407 e. The summed E-state index contributed by atoms with van der Waals surface area (Å²) in [6.45, 7) is -0.333. The van der Waals surface area contributed by atoms with E-state index in [1.807, 2.05) is 18.2 Å². The maximum absolute atomic E-state index is 12.0. The van der Waals surface area contributed by atoms with Crippen molar-refractivity contribution in [2.24, 2.45) is 5.73 Å². The van der Waals surface area contributed by atoms with E-state index in [-0.39, 0.29) is 18.6 Å². The van der Waals surface area contributed by atoms with Crippen LogP contribution in [0.1, 0.15) is 21.5 Å². The molecule has 29 heavy (non-hydrogen) atoms. The Morgan fingerprint density at radius 3 is 2.21 bits per heavy atom. The van der Waals surface area contributed by atoms with Crippen molar-refractivity contribution in [2.45, 2.75) is 19.1 Å². The van der Waals surface area contributed by atoms with Gasteiger partial charge in [-0.1, -0.05) is 42.5 Å². The fourth-order valence-corrected chi connectivity index (χ4v) is 2.41. The lowest BCUT2D eigenvalue weighted by atomic mass is 10.0. The van der Waals surface area contributed by atoms with E-state index in [1.54, 1.807) is 12.1 Å². The van der Waals surface area contributed by atoms with Gasteiger partial charge >= 0.3 is 12.1 Å². The number of ether oxygens (including phenoxy) is 1. The number of alkyl carbamates (subject to hydrolysis) is 1. The first kappa shape index (κ1) is 21.4. The number of benzene rings is 2. The van der Waals surface area contributed by atoms with Gasteiger partial charge in [-0.15, -0.1) is 0 Å². The lowest BCUT2D eigenvalue weighted by Crippen LogP contribution is -2.49. The number of carbonyl (C=O) groups excluding carboxylic acids is 3. The number of hydrogen-bond acceptors (Lipinski definition) is 5. The Balaban J connectivity index is 1.80. The van der Waals surface area contributed by atoms with E-state index in [1.165, 1.54) is 24.3 Å². The van der Waals surface area contributed by atoms with Gasteiger partial charge in [0, 0.05) is 6.42 Å². The molecule has 0 heterocycles. The Bertz CT molecular complexity index is 868. The molecule has 2 aromatic carbocycles. The third-order valence-corrected chi connectivity index (χ3v) is 3.93. The van der Waals surface area contributed by atoms with Gasteiger partial charge in [-0.05, 0) is 23.3 Å². The highest BCUT2D eigenvalue weighted by Crippen LogP contribution is 2.07. The highest BCUT2D eigenvalue weighted by Gasteiger charge is 2.19. The van der Waals surface area contributed by atoms with Crippen LogP contribution in [0.25, 0.3) is 0 Å².